The monoisotopic (exact) mass is 449 g/mol. The number of thiazole rings is 1. The Hall–Kier alpha value is -3.19. The van der Waals surface area contributed by atoms with Crippen LogP contribution in [-0.4, -0.2) is 23.4 Å². The molecule has 2 aromatic carbocycles. The molecule has 0 saturated heterocycles. The summed E-state index contributed by atoms with van der Waals surface area (Å²) in [6.45, 7) is 4.40. The summed E-state index contributed by atoms with van der Waals surface area (Å²) in [6, 6.07) is 15.8. The highest BCUT2D eigenvalue weighted by Crippen LogP contribution is 2.30. The van der Waals surface area contributed by atoms with Crippen molar-refractivity contribution >= 4 is 28.3 Å². The van der Waals surface area contributed by atoms with Crippen LogP contribution in [0.2, 0.25) is 0 Å². The minimum Gasteiger partial charge on any atom is -0.493 e. The molecule has 0 fully saturated rings. The Morgan fingerprint density at radius 3 is 2.72 bits per heavy atom. The summed E-state index contributed by atoms with van der Waals surface area (Å²) >= 11 is 1.33. The molecule has 32 heavy (non-hydrogen) atoms. The van der Waals surface area contributed by atoms with Crippen molar-refractivity contribution in [3.05, 3.63) is 76.3 Å². The van der Waals surface area contributed by atoms with Crippen LogP contribution >= 0.6 is 11.3 Å². The molecule has 0 saturated carbocycles. The van der Waals surface area contributed by atoms with Crippen molar-refractivity contribution in [1.82, 2.24) is 10.3 Å². The Labute approximate surface area is 192 Å². The Morgan fingerprint density at radius 2 is 1.94 bits per heavy atom. The number of hydrogen-bond donors (Lipinski definition) is 2. The maximum atomic E-state index is 12.9. The van der Waals surface area contributed by atoms with E-state index in [1.807, 2.05) is 61.7 Å². The van der Waals surface area contributed by atoms with Crippen LogP contribution in [0.3, 0.4) is 0 Å². The van der Waals surface area contributed by atoms with Crippen molar-refractivity contribution in [2.45, 2.75) is 39.2 Å². The predicted molar refractivity (Wildman–Crippen MR) is 126 cm³/mol. The molecular formula is C25H27N3O3S. The summed E-state index contributed by atoms with van der Waals surface area (Å²) < 4.78 is 5.74. The second-order valence-electron chi connectivity index (χ2n) is 8.20. The molecule has 1 unspecified atom stereocenters. The SMILES string of the molecule is CC(C)C(=O)Nc1nc(CC(=O)NC(c2ccccc2)c2ccc3c(c2)CCCO3)cs1. The number of nitrogens with one attached hydrogen (secondary N) is 2. The standard InChI is InChI=1S/C25H27N3O3S/c1-16(2)24(30)28-25-26-20(15-32-25)14-22(29)27-23(17-7-4-3-5-8-17)19-10-11-21-18(13-19)9-6-12-31-21/h3-5,7-8,10-11,13,15-16,23H,6,9,12,14H2,1-2H3,(H,27,29)(H,26,28,30). The van der Waals surface area contributed by atoms with E-state index in [1.165, 1.54) is 16.9 Å². The minimum atomic E-state index is -0.269. The number of aryl methyl sites for hydroxylation is 1. The number of rotatable bonds is 7. The van der Waals surface area contributed by atoms with Gasteiger partial charge in [-0.3, -0.25) is 9.59 Å². The first-order valence-electron chi connectivity index (χ1n) is 10.8. The van der Waals surface area contributed by atoms with E-state index in [4.69, 9.17) is 4.74 Å². The molecule has 0 aliphatic carbocycles. The third kappa shape index (κ3) is 5.34. The Morgan fingerprint density at radius 1 is 1.12 bits per heavy atom. The number of anilines is 1. The van der Waals surface area contributed by atoms with Crippen molar-refractivity contribution in [3.8, 4) is 5.75 Å². The van der Waals surface area contributed by atoms with Crippen LogP contribution < -0.4 is 15.4 Å². The maximum Gasteiger partial charge on any atom is 0.228 e. The third-order valence-corrected chi connectivity index (χ3v) is 6.16. The maximum absolute atomic E-state index is 12.9. The molecule has 2 N–H and O–H groups in total. The highest BCUT2D eigenvalue weighted by atomic mass is 32.1. The van der Waals surface area contributed by atoms with Crippen LogP contribution in [0.15, 0.2) is 53.9 Å². The number of benzene rings is 2. The van der Waals surface area contributed by atoms with Crippen molar-refractivity contribution in [1.29, 1.82) is 0 Å². The van der Waals surface area contributed by atoms with E-state index in [0.717, 1.165) is 36.3 Å². The van der Waals surface area contributed by atoms with E-state index in [2.05, 4.69) is 21.7 Å². The van der Waals surface area contributed by atoms with Crippen LogP contribution in [0, 0.1) is 5.92 Å². The van der Waals surface area contributed by atoms with Crippen LogP contribution in [-0.2, 0) is 22.4 Å². The number of hydrogen-bond acceptors (Lipinski definition) is 5. The molecule has 7 heteroatoms. The molecular weight excluding hydrogens is 422 g/mol. The van der Waals surface area contributed by atoms with Crippen LogP contribution in [0.4, 0.5) is 5.13 Å². The van der Waals surface area contributed by atoms with Gasteiger partial charge in [0.25, 0.3) is 0 Å². The highest BCUT2D eigenvalue weighted by Gasteiger charge is 2.20. The van der Waals surface area contributed by atoms with Gasteiger partial charge in [-0.1, -0.05) is 50.2 Å². The van der Waals surface area contributed by atoms with Gasteiger partial charge in [0.1, 0.15) is 5.75 Å². The molecule has 1 atom stereocenters. The average molecular weight is 450 g/mol. The first kappa shape index (κ1) is 22.0. The van der Waals surface area contributed by atoms with E-state index in [0.29, 0.717) is 10.8 Å². The van der Waals surface area contributed by atoms with Crippen LogP contribution in [0.1, 0.15) is 48.7 Å². The summed E-state index contributed by atoms with van der Waals surface area (Å²) in [7, 11) is 0. The Balaban J connectivity index is 1.50. The fraction of sp³-hybridized carbons (Fsp3) is 0.320. The van der Waals surface area contributed by atoms with Crippen molar-refractivity contribution < 1.29 is 14.3 Å². The zero-order valence-electron chi connectivity index (χ0n) is 18.3. The van der Waals surface area contributed by atoms with Gasteiger partial charge in [-0.2, -0.15) is 0 Å². The van der Waals surface area contributed by atoms with Gasteiger partial charge in [0.15, 0.2) is 5.13 Å². The molecule has 0 bridgehead atoms. The fourth-order valence-electron chi connectivity index (χ4n) is 3.64. The fourth-order valence-corrected chi connectivity index (χ4v) is 4.35. The smallest absolute Gasteiger partial charge is 0.228 e. The number of aromatic nitrogens is 1. The lowest BCUT2D eigenvalue weighted by Gasteiger charge is -2.23. The van der Waals surface area contributed by atoms with Gasteiger partial charge >= 0.3 is 0 Å². The number of ether oxygens (including phenoxy) is 1. The molecule has 1 aromatic heterocycles. The van der Waals surface area contributed by atoms with E-state index >= 15 is 0 Å². The average Bonchev–Trinajstić information content (AvgIpc) is 3.24. The zero-order valence-corrected chi connectivity index (χ0v) is 19.1. The molecule has 0 spiro atoms. The van der Waals surface area contributed by atoms with E-state index in [1.54, 1.807) is 0 Å². The lowest BCUT2D eigenvalue weighted by molar-refractivity contribution is -0.121. The summed E-state index contributed by atoms with van der Waals surface area (Å²) in [5, 5.41) is 8.28. The topological polar surface area (TPSA) is 80.3 Å². The van der Waals surface area contributed by atoms with Crippen molar-refractivity contribution in [2.24, 2.45) is 5.92 Å². The van der Waals surface area contributed by atoms with E-state index < -0.39 is 0 Å². The molecule has 166 valence electrons. The first-order valence-corrected chi connectivity index (χ1v) is 11.7. The molecule has 1 aliphatic rings. The van der Waals surface area contributed by atoms with Crippen LogP contribution in [0.25, 0.3) is 0 Å². The van der Waals surface area contributed by atoms with Gasteiger partial charge in [-0.15, -0.1) is 11.3 Å². The molecule has 0 radical (unpaired) electrons. The second kappa shape index (κ2) is 9.96. The number of nitrogens with zero attached hydrogens (tertiary/aromatic N) is 1. The molecule has 4 rings (SSSR count). The summed E-state index contributed by atoms with van der Waals surface area (Å²) in [5.41, 5.74) is 3.85. The van der Waals surface area contributed by atoms with Gasteiger partial charge in [0.05, 0.1) is 24.8 Å². The lowest BCUT2D eigenvalue weighted by atomic mass is 9.94. The molecule has 1 aliphatic heterocycles. The van der Waals surface area contributed by atoms with E-state index in [-0.39, 0.29) is 30.2 Å². The first-order chi connectivity index (χ1) is 15.5. The molecule has 2 heterocycles. The number of carbonyl (C=O) groups is 2. The normalized spacial score (nSPS) is 13.7. The summed E-state index contributed by atoms with van der Waals surface area (Å²) in [5.74, 6) is 0.589. The van der Waals surface area contributed by atoms with Crippen molar-refractivity contribution in [2.75, 3.05) is 11.9 Å². The molecule has 2 amide bonds. The van der Waals surface area contributed by atoms with E-state index in [9.17, 15) is 9.59 Å². The second-order valence-corrected chi connectivity index (χ2v) is 9.05. The Bertz CT molecular complexity index is 1090. The summed E-state index contributed by atoms with van der Waals surface area (Å²) in [4.78, 5) is 29.2. The number of amides is 2. The van der Waals surface area contributed by atoms with Gasteiger partial charge in [-0.05, 0) is 41.7 Å². The zero-order chi connectivity index (χ0) is 22.5. The van der Waals surface area contributed by atoms with Crippen LogP contribution in [0.5, 0.6) is 5.75 Å². The number of carbonyl (C=O) groups excluding carboxylic acids is 2. The van der Waals surface area contributed by atoms with Gasteiger partial charge in [0.2, 0.25) is 11.8 Å². The van der Waals surface area contributed by atoms with Gasteiger partial charge < -0.3 is 15.4 Å². The lowest BCUT2D eigenvalue weighted by Crippen LogP contribution is -2.31. The number of fused-ring (bicyclic) bond motifs is 1. The highest BCUT2D eigenvalue weighted by molar-refractivity contribution is 7.13. The molecule has 6 nitrogen and oxygen atoms in total. The molecule has 3 aromatic rings. The van der Waals surface area contributed by atoms with Crippen molar-refractivity contribution in [3.63, 3.8) is 0 Å². The predicted octanol–water partition coefficient (Wildman–Crippen LogP) is 4.51. The van der Waals surface area contributed by atoms with Gasteiger partial charge in [0, 0.05) is 11.3 Å². The Kier molecular flexibility index (Phi) is 6.85. The largest absolute Gasteiger partial charge is 0.493 e. The van der Waals surface area contributed by atoms with Gasteiger partial charge in [-0.25, -0.2) is 4.98 Å². The third-order valence-electron chi connectivity index (χ3n) is 5.35. The summed E-state index contributed by atoms with van der Waals surface area (Å²) in [6.07, 6.45) is 2.12. The quantitative estimate of drug-likeness (QED) is 0.556. The minimum absolute atomic E-state index is 0.0871.